The van der Waals surface area contributed by atoms with Crippen molar-refractivity contribution in [2.24, 2.45) is 7.05 Å². The van der Waals surface area contributed by atoms with Gasteiger partial charge in [-0.05, 0) is 5.56 Å². The summed E-state index contributed by atoms with van der Waals surface area (Å²) in [7, 11) is 1.86. The van der Waals surface area contributed by atoms with Crippen LogP contribution in [0.2, 0.25) is 15.1 Å². The third-order valence-electron chi connectivity index (χ3n) is 3.66. The van der Waals surface area contributed by atoms with Gasteiger partial charge in [0, 0.05) is 25.6 Å². The van der Waals surface area contributed by atoms with Crippen LogP contribution in [0.5, 0.6) is 0 Å². The molecule has 0 radical (unpaired) electrons. The van der Waals surface area contributed by atoms with Gasteiger partial charge in [-0.15, -0.1) is 0 Å². The monoisotopic (exact) mass is 394 g/mol. The van der Waals surface area contributed by atoms with Gasteiger partial charge >= 0.3 is 0 Å². The van der Waals surface area contributed by atoms with E-state index in [0.717, 1.165) is 5.56 Å². The summed E-state index contributed by atoms with van der Waals surface area (Å²) in [6.07, 6.45) is 4.77. The number of imidazole rings is 1. The van der Waals surface area contributed by atoms with Crippen LogP contribution in [-0.4, -0.2) is 20.4 Å². The smallest absolute Gasteiger partial charge is 0.272 e. The quantitative estimate of drug-likeness (QED) is 0.716. The molecule has 3 rings (SSSR count). The molecule has 1 aromatic carbocycles. The van der Waals surface area contributed by atoms with E-state index in [1.807, 2.05) is 48.1 Å². The molecule has 3 aromatic rings. The topological polar surface area (TPSA) is 59.8 Å². The Labute approximate surface area is 159 Å². The summed E-state index contributed by atoms with van der Waals surface area (Å²) in [6.45, 7) is 0. The minimum atomic E-state index is -0.472. The number of amides is 1. The fourth-order valence-corrected chi connectivity index (χ4v) is 2.97. The number of halogens is 3. The predicted octanol–water partition coefficient (Wildman–Crippen LogP) is 4.29. The number of aryl methyl sites for hydroxylation is 1. The highest BCUT2D eigenvalue weighted by atomic mass is 35.5. The van der Waals surface area contributed by atoms with E-state index >= 15 is 0 Å². The Morgan fingerprint density at radius 2 is 1.84 bits per heavy atom. The van der Waals surface area contributed by atoms with Crippen LogP contribution in [-0.2, 0) is 7.05 Å². The number of benzene rings is 1. The molecule has 1 atom stereocenters. The Bertz CT molecular complexity index is 912. The van der Waals surface area contributed by atoms with Crippen molar-refractivity contribution in [1.82, 2.24) is 19.9 Å². The van der Waals surface area contributed by atoms with Gasteiger partial charge in [0.15, 0.2) is 0 Å². The first-order valence-electron chi connectivity index (χ1n) is 7.31. The first kappa shape index (κ1) is 17.7. The van der Waals surface area contributed by atoms with Crippen molar-refractivity contribution >= 4 is 40.7 Å². The number of carbonyl (C=O) groups is 1. The molecule has 1 amide bonds. The number of nitrogens with one attached hydrogen (secondary N) is 1. The number of hydrogen-bond donors (Lipinski definition) is 1. The highest BCUT2D eigenvalue weighted by molar-refractivity contribution is 6.48. The van der Waals surface area contributed by atoms with Crippen LogP contribution in [0.25, 0.3) is 0 Å². The van der Waals surface area contributed by atoms with Gasteiger partial charge in [-0.1, -0.05) is 65.1 Å². The molecule has 0 saturated carbocycles. The summed E-state index contributed by atoms with van der Waals surface area (Å²) < 4.78 is 1.84. The van der Waals surface area contributed by atoms with Crippen LogP contribution in [0.1, 0.15) is 27.9 Å². The average molecular weight is 396 g/mol. The Morgan fingerprint density at radius 3 is 2.48 bits per heavy atom. The van der Waals surface area contributed by atoms with Gasteiger partial charge in [0.05, 0.1) is 15.1 Å². The fourth-order valence-electron chi connectivity index (χ4n) is 2.40. The summed E-state index contributed by atoms with van der Waals surface area (Å²) in [5.74, 6) is 0.205. The van der Waals surface area contributed by atoms with Gasteiger partial charge in [0.25, 0.3) is 5.91 Å². The summed E-state index contributed by atoms with van der Waals surface area (Å²) in [6, 6.07) is 9.02. The Kier molecular flexibility index (Phi) is 5.27. The van der Waals surface area contributed by atoms with Crippen LogP contribution >= 0.6 is 34.8 Å². The molecular formula is C17H13Cl3N4O. The second-order valence-corrected chi connectivity index (χ2v) is 6.46. The van der Waals surface area contributed by atoms with Gasteiger partial charge in [-0.25, -0.2) is 9.97 Å². The number of rotatable bonds is 4. The summed E-state index contributed by atoms with van der Waals surface area (Å²) >= 11 is 18.0. The van der Waals surface area contributed by atoms with Gasteiger partial charge < -0.3 is 9.88 Å². The first-order chi connectivity index (χ1) is 12.0. The molecule has 0 aliphatic rings. The zero-order chi connectivity index (χ0) is 18.0. The summed E-state index contributed by atoms with van der Waals surface area (Å²) in [5.41, 5.74) is 0.882. The van der Waals surface area contributed by atoms with Crippen LogP contribution in [0.3, 0.4) is 0 Å². The van der Waals surface area contributed by atoms with Crippen molar-refractivity contribution in [2.45, 2.75) is 6.04 Å². The standard InChI is InChI=1S/C17H13Cl3N4O/c1-24-8-7-21-16(24)14(10-5-3-2-4-6-10)23-17(25)15-13(20)12(19)11(18)9-22-15/h2-9,14H,1H3,(H,23,25). The lowest BCUT2D eigenvalue weighted by Gasteiger charge is -2.19. The highest BCUT2D eigenvalue weighted by Crippen LogP contribution is 2.31. The minimum absolute atomic E-state index is 0.00575. The van der Waals surface area contributed by atoms with Crippen molar-refractivity contribution in [3.8, 4) is 0 Å². The number of hydrogen-bond acceptors (Lipinski definition) is 3. The first-order valence-corrected chi connectivity index (χ1v) is 8.45. The van der Waals surface area contributed by atoms with Gasteiger partial charge in [-0.3, -0.25) is 4.79 Å². The zero-order valence-electron chi connectivity index (χ0n) is 13.1. The molecule has 0 aliphatic heterocycles. The molecule has 0 saturated heterocycles. The van der Waals surface area contributed by atoms with Crippen molar-refractivity contribution in [2.75, 3.05) is 0 Å². The van der Waals surface area contributed by atoms with E-state index < -0.39 is 11.9 Å². The zero-order valence-corrected chi connectivity index (χ0v) is 15.3. The Morgan fingerprint density at radius 1 is 1.12 bits per heavy atom. The van der Waals surface area contributed by atoms with E-state index in [2.05, 4.69) is 15.3 Å². The average Bonchev–Trinajstić information content (AvgIpc) is 3.04. The van der Waals surface area contributed by atoms with Gasteiger partial charge in [0.2, 0.25) is 0 Å². The van der Waals surface area contributed by atoms with Gasteiger partial charge in [-0.2, -0.15) is 0 Å². The van der Waals surface area contributed by atoms with Crippen LogP contribution in [0.4, 0.5) is 0 Å². The van der Waals surface area contributed by atoms with Crippen LogP contribution in [0.15, 0.2) is 48.9 Å². The lowest BCUT2D eigenvalue weighted by molar-refractivity contribution is 0.0936. The van der Waals surface area contributed by atoms with Crippen molar-refractivity contribution in [3.05, 3.63) is 81.1 Å². The predicted molar refractivity (Wildman–Crippen MR) is 98.2 cm³/mol. The lowest BCUT2D eigenvalue weighted by Crippen LogP contribution is -2.32. The molecule has 1 unspecified atom stereocenters. The Hall–Kier alpha value is -2.08. The molecule has 128 valence electrons. The second-order valence-electron chi connectivity index (χ2n) is 5.30. The normalized spacial score (nSPS) is 12.0. The molecule has 0 aliphatic carbocycles. The van der Waals surface area contributed by atoms with Crippen LogP contribution in [0, 0.1) is 0 Å². The maximum absolute atomic E-state index is 12.7. The fraction of sp³-hybridized carbons (Fsp3) is 0.118. The largest absolute Gasteiger partial charge is 0.337 e. The number of carbonyl (C=O) groups excluding carboxylic acids is 1. The van der Waals surface area contributed by atoms with Crippen molar-refractivity contribution in [1.29, 1.82) is 0 Å². The van der Waals surface area contributed by atoms with Crippen molar-refractivity contribution in [3.63, 3.8) is 0 Å². The maximum atomic E-state index is 12.7. The molecular weight excluding hydrogens is 383 g/mol. The van der Waals surface area contributed by atoms with Gasteiger partial charge in [0.1, 0.15) is 17.6 Å². The maximum Gasteiger partial charge on any atom is 0.272 e. The molecule has 0 bridgehead atoms. The summed E-state index contributed by atoms with van der Waals surface area (Å²) in [5, 5.41) is 3.20. The highest BCUT2D eigenvalue weighted by Gasteiger charge is 2.24. The Balaban J connectivity index is 1.98. The molecule has 1 N–H and O–H groups in total. The third-order valence-corrected chi connectivity index (χ3v) is 4.90. The SMILES string of the molecule is Cn1ccnc1C(NC(=O)c1ncc(Cl)c(Cl)c1Cl)c1ccccc1. The number of pyridine rings is 1. The van der Waals surface area contributed by atoms with E-state index in [-0.39, 0.29) is 20.8 Å². The van der Waals surface area contributed by atoms with E-state index in [4.69, 9.17) is 34.8 Å². The molecule has 0 fully saturated rings. The van der Waals surface area contributed by atoms with E-state index in [1.54, 1.807) is 6.20 Å². The van der Waals surface area contributed by atoms with E-state index in [0.29, 0.717) is 5.82 Å². The second kappa shape index (κ2) is 7.44. The third kappa shape index (κ3) is 3.63. The molecule has 2 aromatic heterocycles. The number of nitrogens with zero attached hydrogens (tertiary/aromatic N) is 3. The van der Waals surface area contributed by atoms with Crippen molar-refractivity contribution < 1.29 is 4.79 Å². The van der Waals surface area contributed by atoms with Crippen LogP contribution < -0.4 is 5.32 Å². The van der Waals surface area contributed by atoms with E-state index in [1.165, 1.54) is 6.20 Å². The molecule has 2 heterocycles. The molecule has 0 spiro atoms. The molecule has 8 heteroatoms. The molecule has 25 heavy (non-hydrogen) atoms. The summed E-state index contributed by atoms with van der Waals surface area (Å²) in [4.78, 5) is 21.1. The number of aromatic nitrogens is 3. The molecule has 5 nitrogen and oxygen atoms in total. The minimum Gasteiger partial charge on any atom is -0.337 e. The lowest BCUT2D eigenvalue weighted by atomic mass is 10.1. The van der Waals surface area contributed by atoms with E-state index in [9.17, 15) is 4.79 Å².